The largest absolute Gasteiger partial charge is 0.330 e. The maximum atomic E-state index is 13.4. The Balaban J connectivity index is 2.25. The van der Waals surface area contributed by atoms with E-state index in [4.69, 9.17) is 5.73 Å². The Morgan fingerprint density at radius 3 is 2.85 bits per heavy atom. The number of nitrogens with two attached hydrogens (primary N) is 1. The number of rotatable bonds is 7. The van der Waals surface area contributed by atoms with Crippen LogP contribution in [0, 0.1) is 11.7 Å². The molecule has 4 heteroatoms. The van der Waals surface area contributed by atoms with Crippen molar-refractivity contribution in [1.82, 2.24) is 9.55 Å². The zero-order valence-corrected chi connectivity index (χ0v) is 12.4. The van der Waals surface area contributed by atoms with Gasteiger partial charge in [-0.2, -0.15) is 0 Å². The molecule has 0 aliphatic rings. The summed E-state index contributed by atoms with van der Waals surface area (Å²) in [6.07, 6.45) is 4.07. The summed E-state index contributed by atoms with van der Waals surface area (Å²) in [5.74, 6) is 1.47. The van der Waals surface area contributed by atoms with Gasteiger partial charge in [-0.1, -0.05) is 13.8 Å². The molecule has 0 fully saturated rings. The Kier molecular flexibility index (Phi) is 5.12. The summed E-state index contributed by atoms with van der Waals surface area (Å²) in [5, 5.41) is 0. The minimum atomic E-state index is -0.196. The molecule has 2 N–H and O–H groups in total. The molecule has 0 aliphatic heterocycles. The second-order valence-electron chi connectivity index (χ2n) is 5.53. The van der Waals surface area contributed by atoms with Crippen LogP contribution in [0.5, 0.6) is 0 Å². The average Bonchev–Trinajstić information content (AvgIpc) is 2.75. The van der Waals surface area contributed by atoms with Gasteiger partial charge in [0.25, 0.3) is 0 Å². The van der Waals surface area contributed by atoms with E-state index in [9.17, 15) is 4.39 Å². The highest BCUT2D eigenvalue weighted by Crippen LogP contribution is 2.20. The minimum Gasteiger partial charge on any atom is -0.330 e. The topological polar surface area (TPSA) is 43.8 Å². The zero-order valence-electron chi connectivity index (χ0n) is 12.4. The third kappa shape index (κ3) is 3.37. The van der Waals surface area contributed by atoms with Crippen LogP contribution in [0.1, 0.15) is 38.9 Å². The van der Waals surface area contributed by atoms with E-state index in [-0.39, 0.29) is 5.82 Å². The Hall–Kier alpha value is -1.42. The minimum absolute atomic E-state index is 0.196. The van der Waals surface area contributed by atoms with Crippen molar-refractivity contribution in [3.05, 3.63) is 29.8 Å². The number of hydrogen-bond acceptors (Lipinski definition) is 2. The molecule has 2 aromatic rings. The number of fused-ring (bicyclic) bond motifs is 1. The molecule has 0 radical (unpaired) electrons. The summed E-state index contributed by atoms with van der Waals surface area (Å²) in [7, 11) is 0. The molecule has 0 saturated heterocycles. The summed E-state index contributed by atoms with van der Waals surface area (Å²) in [6, 6.07) is 4.83. The Labute approximate surface area is 120 Å². The van der Waals surface area contributed by atoms with Crippen LogP contribution in [0.3, 0.4) is 0 Å². The second-order valence-corrected chi connectivity index (χ2v) is 5.53. The number of hydrogen-bond donors (Lipinski definition) is 1. The van der Waals surface area contributed by atoms with E-state index >= 15 is 0 Å². The Morgan fingerprint density at radius 2 is 2.15 bits per heavy atom. The first-order valence-electron chi connectivity index (χ1n) is 7.50. The van der Waals surface area contributed by atoms with Gasteiger partial charge in [-0.15, -0.1) is 0 Å². The average molecular weight is 277 g/mol. The van der Waals surface area contributed by atoms with Gasteiger partial charge in [-0.25, -0.2) is 9.37 Å². The monoisotopic (exact) mass is 277 g/mol. The number of aromatic nitrogens is 2. The van der Waals surface area contributed by atoms with Crippen molar-refractivity contribution < 1.29 is 4.39 Å². The van der Waals surface area contributed by atoms with Crippen molar-refractivity contribution >= 4 is 11.0 Å². The third-order valence-corrected chi connectivity index (χ3v) is 3.76. The predicted octanol–water partition coefficient (Wildman–Crippen LogP) is 3.50. The molecule has 1 aromatic carbocycles. The lowest BCUT2D eigenvalue weighted by Gasteiger charge is -2.11. The van der Waals surface area contributed by atoms with E-state index in [1.807, 2.05) is 0 Å². The summed E-state index contributed by atoms with van der Waals surface area (Å²) in [5.41, 5.74) is 7.39. The third-order valence-electron chi connectivity index (χ3n) is 3.76. The molecule has 2 rings (SSSR count). The molecular weight excluding hydrogens is 253 g/mol. The maximum absolute atomic E-state index is 13.4. The summed E-state index contributed by atoms with van der Waals surface area (Å²) < 4.78 is 15.6. The van der Waals surface area contributed by atoms with Gasteiger partial charge in [0.2, 0.25) is 0 Å². The summed E-state index contributed by atoms with van der Waals surface area (Å²) in [6.45, 7) is 5.98. The van der Waals surface area contributed by atoms with E-state index in [1.165, 1.54) is 6.07 Å². The van der Waals surface area contributed by atoms with Crippen molar-refractivity contribution in [3.8, 4) is 0 Å². The number of aryl methyl sites for hydroxylation is 2. The van der Waals surface area contributed by atoms with Crippen molar-refractivity contribution in [2.24, 2.45) is 11.7 Å². The lowest BCUT2D eigenvalue weighted by atomic mass is 10.0. The first-order valence-corrected chi connectivity index (χ1v) is 7.50. The fourth-order valence-corrected chi connectivity index (χ4v) is 2.61. The van der Waals surface area contributed by atoms with Crippen LogP contribution < -0.4 is 5.73 Å². The van der Waals surface area contributed by atoms with Crippen LogP contribution in [0.2, 0.25) is 0 Å². The molecule has 0 amide bonds. The highest BCUT2D eigenvalue weighted by atomic mass is 19.1. The first-order chi connectivity index (χ1) is 9.65. The molecule has 20 heavy (non-hydrogen) atoms. The van der Waals surface area contributed by atoms with Crippen LogP contribution in [-0.2, 0) is 13.0 Å². The van der Waals surface area contributed by atoms with Crippen LogP contribution in [-0.4, -0.2) is 16.1 Å². The standard InChI is InChI=1S/C16H24FN3/c1-3-10-20-15-11-13(17)5-6-14(15)19-16(20)7-4-12(2)8-9-18/h5-6,11-12H,3-4,7-10,18H2,1-2H3. The van der Waals surface area contributed by atoms with Crippen LogP contribution >= 0.6 is 0 Å². The molecule has 0 bridgehead atoms. The quantitative estimate of drug-likeness (QED) is 0.841. The van der Waals surface area contributed by atoms with E-state index < -0.39 is 0 Å². The Morgan fingerprint density at radius 1 is 1.35 bits per heavy atom. The highest BCUT2D eigenvalue weighted by molar-refractivity contribution is 5.76. The molecule has 1 atom stereocenters. The van der Waals surface area contributed by atoms with Crippen molar-refractivity contribution in [2.75, 3.05) is 6.54 Å². The fraction of sp³-hybridized carbons (Fsp3) is 0.562. The molecule has 0 spiro atoms. The van der Waals surface area contributed by atoms with Crippen molar-refractivity contribution in [1.29, 1.82) is 0 Å². The Bertz CT molecular complexity index is 562. The van der Waals surface area contributed by atoms with Crippen molar-refractivity contribution in [3.63, 3.8) is 0 Å². The van der Waals surface area contributed by atoms with E-state index in [0.29, 0.717) is 5.92 Å². The predicted molar refractivity (Wildman–Crippen MR) is 81.1 cm³/mol. The van der Waals surface area contributed by atoms with Gasteiger partial charge in [0.15, 0.2) is 0 Å². The van der Waals surface area contributed by atoms with Gasteiger partial charge in [0, 0.05) is 13.0 Å². The van der Waals surface area contributed by atoms with E-state index in [0.717, 1.165) is 55.6 Å². The first kappa shape index (κ1) is 15.0. The number of benzene rings is 1. The molecule has 1 heterocycles. The van der Waals surface area contributed by atoms with Gasteiger partial charge < -0.3 is 10.3 Å². The van der Waals surface area contributed by atoms with Gasteiger partial charge in [0.05, 0.1) is 11.0 Å². The van der Waals surface area contributed by atoms with Crippen LogP contribution in [0.4, 0.5) is 4.39 Å². The number of halogens is 1. The van der Waals surface area contributed by atoms with Gasteiger partial charge >= 0.3 is 0 Å². The van der Waals surface area contributed by atoms with Gasteiger partial charge in [-0.05, 0) is 49.9 Å². The molecular formula is C16H24FN3. The van der Waals surface area contributed by atoms with E-state index in [1.54, 1.807) is 12.1 Å². The number of imidazole rings is 1. The molecule has 110 valence electrons. The molecule has 3 nitrogen and oxygen atoms in total. The van der Waals surface area contributed by atoms with Crippen LogP contribution in [0.15, 0.2) is 18.2 Å². The van der Waals surface area contributed by atoms with Gasteiger partial charge in [-0.3, -0.25) is 0 Å². The molecule has 0 saturated carbocycles. The molecule has 0 aliphatic carbocycles. The maximum Gasteiger partial charge on any atom is 0.125 e. The lowest BCUT2D eigenvalue weighted by Crippen LogP contribution is -2.09. The zero-order chi connectivity index (χ0) is 14.5. The van der Waals surface area contributed by atoms with Crippen LogP contribution in [0.25, 0.3) is 11.0 Å². The van der Waals surface area contributed by atoms with E-state index in [2.05, 4.69) is 23.4 Å². The lowest BCUT2D eigenvalue weighted by molar-refractivity contribution is 0.486. The van der Waals surface area contributed by atoms with Crippen molar-refractivity contribution in [2.45, 2.75) is 46.1 Å². The normalized spacial score (nSPS) is 13.0. The molecule has 1 unspecified atom stereocenters. The second kappa shape index (κ2) is 6.84. The highest BCUT2D eigenvalue weighted by Gasteiger charge is 2.12. The summed E-state index contributed by atoms with van der Waals surface area (Å²) >= 11 is 0. The van der Waals surface area contributed by atoms with Gasteiger partial charge in [0.1, 0.15) is 11.6 Å². The smallest absolute Gasteiger partial charge is 0.125 e. The number of nitrogens with zero attached hydrogens (tertiary/aromatic N) is 2. The molecule has 1 aromatic heterocycles. The fourth-order valence-electron chi connectivity index (χ4n) is 2.61. The summed E-state index contributed by atoms with van der Waals surface area (Å²) in [4.78, 5) is 4.67. The SMILES string of the molecule is CCCn1c(CCC(C)CCN)nc2ccc(F)cc21.